The fourth-order valence-corrected chi connectivity index (χ4v) is 11.6. The van der Waals surface area contributed by atoms with Gasteiger partial charge in [-0.3, -0.25) is 0 Å². The average molecular weight is 713 g/mol. The Labute approximate surface area is 297 Å². The molecule has 0 aliphatic carbocycles. The van der Waals surface area contributed by atoms with Crippen molar-refractivity contribution in [3.63, 3.8) is 0 Å². The van der Waals surface area contributed by atoms with Crippen LogP contribution >= 0.6 is 0 Å². The Kier molecular flexibility index (Phi) is 12.3. The van der Waals surface area contributed by atoms with Gasteiger partial charge in [-0.25, -0.2) is 0 Å². The van der Waals surface area contributed by atoms with Crippen molar-refractivity contribution in [2.24, 2.45) is 0 Å². The second-order valence-electron chi connectivity index (χ2n) is 12.5. The predicted octanol–water partition coefficient (Wildman–Crippen LogP) is 4.11. The first kappa shape index (κ1) is 36.3. The van der Waals surface area contributed by atoms with Gasteiger partial charge in [-0.15, -0.1) is 69.1 Å². The first-order valence-corrected chi connectivity index (χ1v) is 18.4. The van der Waals surface area contributed by atoms with E-state index in [0.717, 1.165) is 12.8 Å². The minimum absolute atomic E-state index is 0. The number of aryl methyl sites for hydroxylation is 4. The molecule has 224 valence electrons. The maximum absolute atomic E-state index is 2.58. The molecule has 0 spiro atoms. The molecule has 0 saturated carbocycles. The SMILES string of the molecule is CCCc1ccc(-c2cccc3[cH-]c(C)c([Si](C)(C)c4c(C)[cH-]c5cccc(-c6ccc(CCC)cc6)c45)c23)cc1.[Cl-].[Cl-].[Zr+4]. The molecule has 0 nitrogen and oxygen atoms in total. The summed E-state index contributed by atoms with van der Waals surface area (Å²) < 4.78 is 0. The molecule has 0 bridgehead atoms. The van der Waals surface area contributed by atoms with Gasteiger partial charge in [0.15, 0.2) is 0 Å². The number of hydrogen-bond donors (Lipinski definition) is 0. The first-order chi connectivity index (χ1) is 19.8. The van der Waals surface area contributed by atoms with Crippen molar-refractivity contribution in [2.45, 2.75) is 66.5 Å². The number of fused-ring (bicyclic) bond motifs is 2. The molecule has 0 amide bonds. The van der Waals surface area contributed by atoms with Gasteiger partial charge in [0.05, 0.1) is 0 Å². The topological polar surface area (TPSA) is 0 Å². The van der Waals surface area contributed by atoms with Crippen molar-refractivity contribution >= 4 is 40.0 Å². The Hall–Kier alpha value is -2.22. The number of benzene rings is 4. The third kappa shape index (κ3) is 6.52. The molecule has 0 aliphatic rings. The standard InChI is InChI=1S/C40H42Si.2ClH.Zr/c1-7-11-29-17-21-31(22-18-29)35-15-9-13-33-25-27(3)39(37(33)35)41(5,6)40-28(4)26-34-14-10-16-36(38(34)40)32-23-19-30(12-8-2)20-24-32;;;/h9-10,13-26H,7-8,11-12H2,1-6H3;2*1H;/q-2;;;+4/p-2. The minimum Gasteiger partial charge on any atom is -1.00 e. The fourth-order valence-electron chi connectivity index (χ4n) is 7.44. The van der Waals surface area contributed by atoms with Crippen molar-refractivity contribution < 1.29 is 51.0 Å². The Bertz CT molecular complexity index is 1700. The van der Waals surface area contributed by atoms with Gasteiger partial charge < -0.3 is 24.8 Å². The summed E-state index contributed by atoms with van der Waals surface area (Å²) in [6, 6.07) is 37.3. The van der Waals surface area contributed by atoms with Crippen molar-refractivity contribution in [1.82, 2.24) is 0 Å². The Balaban J connectivity index is 0.00000176. The Morgan fingerprint density at radius 2 is 0.909 bits per heavy atom. The van der Waals surface area contributed by atoms with Gasteiger partial charge in [0.2, 0.25) is 0 Å². The third-order valence-electron chi connectivity index (χ3n) is 9.08. The summed E-state index contributed by atoms with van der Waals surface area (Å²) >= 11 is 0. The maximum Gasteiger partial charge on any atom is 4.00 e. The first-order valence-electron chi connectivity index (χ1n) is 15.4. The smallest absolute Gasteiger partial charge is 1.00 e. The molecule has 0 aromatic heterocycles. The van der Waals surface area contributed by atoms with Gasteiger partial charge in [0.1, 0.15) is 0 Å². The van der Waals surface area contributed by atoms with E-state index in [-0.39, 0.29) is 51.0 Å². The van der Waals surface area contributed by atoms with Crippen LogP contribution in [0.4, 0.5) is 0 Å². The van der Waals surface area contributed by atoms with E-state index in [1.807, 2.05) is 0 Å². The van der Waals surface area contributed by atoms with Crippen LogP contribution in [0.1, 0.15) is 48.9 Å². The van der Waals surface area contributed by atoms with E-state index in [0.29, 0.717) is 0 Å². The fraction of sp³-hybridized carbons (Fsp3) is 0.250. The molecular formula is C40H42Cl2SiZr. The zero-order valence-corrected chi connectivity index (χ0v) is 31.8. The largest absolute Gasteiger partial charge is 4.00 e. The van der Waals surface area contributed by atoms with Crippen LogP contribution in [0.3, 0.4) is 0 Å². The van der Waals surface area contributed by atoms with Crippen LogP contribution < -0.4 is 35.2 Å². The van der Waals surface area contributed by atoms with E-state index in [9.17, 15) is 0 Å². The molecule has 0 fully saturated rings. The van der Waals surface area contributed by atoms with Gasteiger partial charge in [-0.2, -0.15) is 10.4 Å². The number of hydrogen-bond acceptors (Lipinski definition) is 0. The molecule has 0 aliphatic heterocycles. The molecular weight excluding hydrogens is 671 g/mol. The van der Waals surface area contributed by atoms with Crippen molar-refractivity contribution in [2.75, 3.05) is 0 Å². The number of halogens is 2. The summed E-state index contributed by atoms with van der Waals surface area (Å²) in [6.07, 6.45) is 4.63. The quantitative estimate of drug-likeness (QED) is 0.165. The van der Waals surface area contributed by atoms with E-state index in [4.69, 9.17) is 0 Å². The second kappa shape index (κ2) is 14.9. The van der Waals surface area contributed by atoms with Gasteiger partial charge in [0, 0.05) is 8.07 Å². The Morgan fingerprint density at radius 1 is 0.545 bits per heavy atom. The molecule has 0 heterocycles. The normalized spacial score (nSPS) is 11.2. The molecule has 6 rings (SSSR count). The average Bonchev–Trinajstić information content (AvgIpc) is 3.50. The third-order valence-corrected chi connectivity index (χ3v) is 12.9. The minimum atomic E-state index is -2.14. The zero-order valence-electron chi connectivity index (χ0n) is 26.8. The molecule has 0 N–H and O–H groups in total. The monoisotopic (exact) mass is 710 g/mol. The van der Waals surface area contributed by atoms with E-state index in [1.54, 1.807) is 10.4 Å². The van der Waals surface area contributed by atoms with E-state index in [2.05, 4.69) is 138 Å². The summed E-state index contributed by atoms with van der Waals surface area (Å²) in [5.74, 6) is 0. The molecule has 0 radical (unpaired) electrons. The zero-order chi connectivity index (χ0) is 28.7. The molecule has 44 heavy (non-hydrogen) atoms. The van der Waals surface area contributed by atoms with Gasteiger partial charge in [-0.05, 0) is 35.1 Å². The van der Waals surface area contributed by atoms with E-state index < -0.39 is 8.07 Å². The van der Waals surface area contributed by atoms with Crippen LogP contribution in [0.5, 0.6) is 0 Å². The predicted molar refractivity (Wildman–Crippen MR) is 184 cm³/mol. The van der Waals surface area contributed by atoms with E-state index >= 15 is 0 Å². The van der Waals surface area contributed by atoms with Gasteiger partial charge >= 0.3 is 26.2 Å². The van der Waals surface area contributed by atoms with Crippen LogP contribution in [0.15, 0.2) is 97.1 Å². The van der Waals surface area contributed by atoms with E-state index in [1.165, 1.54) is 78.9 Å². The van der Waals surface area contributed by atoms with Crippen LogP contribution in [0.2, 0.25) is 13.1 Å². The van der Waals surface area contributed by atoms with Gasteiger partial charge in [0.25, 0.3) is 0 Å². The summed E-state index contributed by atoms with van der Waals surface area (Å²) in [5, 5.41) is 8.83. The maximum atomic E-state index is 2.58. The van der Waals surface area contributed by atoms with Crippen molar-refractivity contribution in [1.29, 1.82) is 0 Å². The van der Waals surface area contributed by atoms with Crippen LogP contribution in [0, 0.1) is 13.8 Å². The Morgan fingerprint density at radius 3 is 1.25 bits per heavy atom. The molecule has 0 unspecified atom stereocenters. The summed E-state index contributed by atoms with van der Waals surface area (Å²) in [7, 11) is -2.14. The van der Waals surface area contributed by atoms with Crippen LogP contribution in [0.25, 0.3) is 43.8 Å². The second-order valence-corrected chi connectivity index (χ2v) is 16.7. The summed E-state index contributed by atoms with van der Waals surface area (Å²) in [6.45, 7) is 14.3. The molecule has 0 saturated heterocycles. The number of rotatable bonds is 8. The molecule has 6 aromatic rings. The van der Waals surface area contributed by atoms with Crippen molar-refractivity contribution in [3.8, 4) is 22.3 Å². The molecule has 6 aromatic carbocycles. The van der Waals surface area contributed by atoms with Crippen molar-refractivity contribution in [3.05, 3.63) is 119 Å². The molecule has 4 heteroatoms. The van der Waals surface area contributed by atoms with Gasteiger partial charge in [-0.1, -0.05) is 125 Å². The molecule has 0 atom stereocenters. The van der Waals surface area contributed by atoms with Crippen LogP contribution in [-0.2, 0) is 39.0 Å². The summed E-state index contributed by atoms with van der Waals surface area (Å²) in [5.41, 5.74) is 11.1. The summed E-state index contributed by atoms with van der Waals surface area (Å²) in [4.78, 5) is 0. The van der Waals surface area contributed by atoms with Crippen LogP contribution in [-0.4, -0.2) is 8.07 Å².